The number of carbonyl (C=O) groups is 1. The predicted octanol–water partition coefficient (Wildman–Crippen LogP) is 2.41. The van der Waals surface area contributed by atoms with Crippen molar-refractivity contribution >= 4 is 34.6 Å². The Morgan fingerprint density at radius 3 is 2.32 bits per heavy atom. The van der Waals surface area contributed by atoms with Crippen LogP contribution >= 0.6 is 12.2 Å². The Morgan fingerprint density at radius 1 is 1.28 bits per heavy atom. The highest BCUT2D eigenvalue weighted by Crippen LogP contribution is 2.20. The van der Waals surface area contributed by atoms with E-state index < -0.39 is 5.92 Å². The Morgan fingerprint density at radius 2 is 1.84 bits per heavy atom. The molecule has 138 valence electrons. The highest BCUT2D eigenvalue weighted by molar-refractivity contribution is 7.80. The van der Waals surface area contributed by atoms with E-state index in [4.69, 9.17) is 18.0 Å². The van der Waals surface area contributed by atoms with Crippen LogP contribution in [0.3, 0.4) is 0 Å². The molecule has 1 atom stereocenters. The lowest BCUT2D eigenvalue weighted by molar-refractivity contribution is -0.118. The summed E-state index contributed by atoms with van der Waals surface area (Å²) in [6, 6.07) is 5.95. The van der Waals surface area contributed by atoms with Crippen molar-refractivity contribution in [2.24, 2.45) is 16.8 Å². The number of hydrogen-bond donors (Lipinski definition) is 3. The normalized spacial score (nSPS) is 12.8. The van der Waals surface area contributed by atoms with Gasteiger partial charge in [-0.2, -0.15) is 5.10 Å². The predicted molar refractivity (Wildman–Crippen MR) is 109 cm³/mol. The number of carbonyl (C=O) groups excluding carboxylic acids is 1. The first-order chi connectivity index (χ1) is 11.8. The molecule has 0 aromatic heterocycles. The Hall–Kier alpha value is -1.99. The third-order valence-corrected chi connectivity index (χ3v) is 4.32. The summed E-state index contributed by atoms with van der Waals surface area (Å²) in [5.41, 5.74) is 11.6. The zero-order valence-corrected chi connectivity index (χ0v) is 16.5. The zero-order valence-electron chi connectivity index (χ0n) is 15.7. The van der Waals surface area contributed by atoms with E-state index in [0.29, 0.717) is 12.3 Å². The van der Waals surface area contributed by atoms with Crippen molar-refractivity contribution in [2.45, 2.75) is 34.6 Å². The SMILES string of the molecule is CCN(CC)C[C@@H](C(=O)Nc1c(C)cccc1C)/C(C)=N/NC(N)=S. The van der Waals surface area contributed by atoms with Crippen LogP contribution in [0.5, 0.6) is 0 Å². The van der Waals surface area contributed by atoms with Crippen molar-refractivity contribution in [1.82, 2.24) is 10.3 Å². The van der Waals surface area contributed by atoms with Crippen LogP contribution < -0.4 is 16.5 Å². The first kappa shape index (κ1) is 21.1. The van der Waals surface area contributed by atoms with Gasteiger partial charge in [0.05, 0.1) is 5.92 Å². The number of anilines is 1. The summed E-state index contributed by atoms with van der Waals surface area (Å²) < 4.78 is 0. The van der Waals surface area contributed by atoms with Crippen LogP contribution in [0.1, 0.15) is 31.9 Å². The molecule has 1 amide bonds. The molecule has 1 aromatic rings. The van der Waals surface area contributed by atoms with Gasteiger partial charge >= 0.3 is 0 Å². The molecular formula is C18H29N5OS. The van der Waals surface area contributed by atoms with Gasteiger partial charge < -0.3 is 16.0 Å². The van der Waals surface area contributed by atoms with E-state index >= 15 is 0 Å². The number of nitrogens with zero attached hydrogens (tertiary/aromatic N) is 2. The minimum atomic E-state index is -0.402. The summed E-state index contributed by atoms with van der Waals surface area (Å²) >= 11 is 4.79. The minimum Gasteiger partial charge on any atom is -0.375 e. The van der Waals surface area contributed by atoms with E-state index in [1.54, 1.807) is 0 Å². The van der Waals surface area contributed by atoms with E-state index in [9.17, 15) is 4.79 Å². The molecule has 0 aliphatic carbocycles. The third kappa shape index (κ3) is 6.43. The van der Waals surface area contributed by atoms with Gasteiger partial charge in [-0.1, -0.05) is 32.0 Å². The van der Waals surface area contributed by atoms with Gasteiger partial charge in [0.2, 0.25) is 5.91 Å². The van der Waals surface area contributed by atoms with E-state index in [-0.39, 0.29) is 11.0 Å². The summed E-state index contributed by atoms with van der Waals surface area (Å²) in [6.45, 7) is 12.2. The number of amides is 1. The quantitative estimate of drug-likeness (QED) is 0.375. The number of hydrazone groups is 1. The second kappa shape index (κ2) is 10.1. The van der Waals surface area contributed by atoms with Gasteiger partial charge in [-0.3, -0.25) is 10.2 Å². The minimum absolute atomic E-state index is 0.0797. The summed E-state index contributed by atoms with van der Waals surface area (Å²) in [5.74, 6) is -0.490. The van der Waals surface area contributed by atoms with Gasteiger partial charge in [-0.15, -0.1) is 0 Å². The van der Waals surface area contributed by atoms with Crippen molar-refractivity contribution in [3.63, 3.8) is 0 Å². The van der Waals surface area contributed by atoms with Gasteiger partial charge in [0.25, 0.3) is 0 Å². The topological polar surface area (TPSA) is 82.8 Å². The number of nitrogens with two attached hydrogens (primary N) is 1. The molecule has 25 heavy (non-hydrogen) atoms. The highest BCUT2D eigenvalue weighted by Gasteiger charge is 2.25. The average molecular weight is 364 g/mol. The molecule has 0 heterocycles. The van der Waals surface area contributed by atoms with Crippen LogP contribution in [0.25, 0.3) is 0 Å². The largest absolute Gasteiger partial charge is 0.375 e. The monoisotopic (exact) mass is 363 g/mol. The molecule has 4 N–H and O–H groups in total. The number of aryl methyl sites for hydroxylation is 2. The van der Waals surface area contributed by atoms with Crippen molar-refractivity contribution < 1.29 is 4.79 Å². The maximum Gasteiger partial charge on any atom is 0.234 e. The fourth-order valence-corrected chi connectivity index (χ4v) is 2.63. The lowest BCUT2D eigenvalue weighted by atomic mass is 10.0. The summed E-state index contributed by atoms with van der Waals surface area (Å²) in [7, 11) is 0. The van der Waals surface area contributed by atoms with E-state index in [1.807, 2.05) is 39.0 Å². The Kier molecular flexibility index (Phi) is 8.51. The van der Waals surface area contributed by atoms with Gasteiger partial charge in [0, 0.05) is 17.9 Å². The average Bonchev–Trinajstić information content (AvgIpc) is 2.57. The molecule has 1 rings (SSSR count). The molecule has 0 saturated heterocycles. The van der Waals surface area contributed by atoms with E-state index in [0.717, 1.165) is 29.9 Å². The van der Waals surface area contributed by atoms with Crippen LogP contribution in [0, 0.1) is 19.8 Å². The maximum atomic E-state index is 13.0. The second-order valence-corrected chi connectivity index (χ2v) is 6.46. The Labute approximate surface area is 155 Å². The molecule has 1 aromatic carbocycles. The Balaban J connectivity index is 3.06. The fourth-order valence-electron chi connectivity index (χ4n) is 2.59. The molecule has 7 heteroatoms. The molecule has 0 saturated carbocycles. The smallest absolute Gasteiger partial charge is 0.234 e. The summed E-state index contributed by atoms with van der Waals surface area (Å²) in [4.78, 5) is 15.1. The first-order valence-electron chi connectivity index (χ1n) is 8.49. The van der Waals surface area contributed by atoms with Gasteiger partial charge in [0.1, 0.15) is 0 Å². The molecule has 0 radical (unpaired) electrons. The van der Waals surface area contributed by atoms with Crippen LogP contribution in [0.15, 0.2) is 23.3 Å². The number of hydrogen-bond acceptors (Lipinski definition) is 4. The second-order valence-electron chi connectivity index (χ2n) is 6.02. The van der Waals surface area contributed by atoms with Crippen LogP contribution in [-0.4, -0.2) is 41.3 Å². The molecular weight excluding hydrogens is 334 g/mol. The standard InChI is InChI=1S/C18H29N5OS/c1-6-23(7-2)11-15(14(5)21-22-18(19)25)17(24)20-16-12(3)9-8-10-13(16)4/h8-10,15H,6-7,11H2,1-5H3,(H,20,24)(H3,19,22,25)/b21-14+/t15-/m1/s1. The molecule has 0 spiro atoms. The first-order valence-corrected chi connectivity index (χ1v) is 8.89. The zero-order chi connectivity index (χ0) is 19.0. The lowest BCUT2D eigenvalue weighted by Crippen LogP contribution is -2.40. The maximum absolute atomic E-state index is 13.0. The van der Waals surface area contributed by atoms with Crippen molar-refractivity contribution in [1.29, 1.82) is 0 Å². The fraction of sp³-hybridized carbons (Fsp3) is 0.500. The van der Waals surface area contributed by atoms with E-state index in [1.165, 1.54) is 0 Å². The highest BCUT2D eigenvalue weighted by atomic mass is 32.1. The molecule has 0 aliphatic rings. The molecule has 0 aliphatic heterocycles. The number of benzene rings is 1. The summed E-state index contributed by atoms with van der Waals surface area (Å²) in [5, 5.41) is 7.31. The van der Waals surface area contributed by atoms with Crippen molar-refractivity contribution in [3.8, 4) is 0 Å². The van der Waals surface area contributed by atoms with Gasteiger partial charge in [-0.05, 0) is 57.2 Å². The van der Waals surface area contributed by atoms with Gasteiger partial charge in [0.15, 0.2) is 5.11 Å². The van der Waals surface area contributed by atoms with E-state index in [2.05, 4.69) is 34.6 Å². The summed E-state index contributed by atoms with van der Waals surface area (Å²) in [6.07, 6.45) is 0. The van der Waals surface area contributed by atoms with Crippen molar-refractivity contribution in [2.75, 3.05) is 25.0 Å². The molecule has 0 fully saturated rings. The molecule has 0 unspecified atom stereocenters. The lowest BCUT2D eigenvalue weighted by Gasteiger charge is -2.25. The molecule has 0 bridgehead atoms. The number of nitrogens with one attached hydrogen (secondary N) is 2. The van der Waals surface area contributed by atoms with Crippen molar-refractivity contribution in [3.05, 3.63) is 29.3 Å². The van der Waals surface area contributed by atoms with Crippen LogP contribution in [0.2, 0.25) is 0 Å². The van der Waals surface area contributed by atoms with Gasteiger partial charge in [-0.25, -0.2) is 0 Å². The number of para-hydroxylation sites is 1. The third-order valence-electron chi connectivity index (χ3n) is 4.23. The number of rotatable bonds is 8. The molecule has 6 nitrogen and oxygen atoms in total. The Bertz CT molecular complexity index is 620. The number of thiocarbonyl (C=S) groups is 1. The van der Waals surface area contributed by atoms with Crippen LogP contribution in [0.4, 0.5) is 5.69 Å². The van der Waals surface area contributed by atoms with Crippen LogP contribution in [-0.2, 0) is 4.79 Å².